The molecular weight excluding hydrogens is 368 g/mol. The summed E-state index contributed by atoms with van der Waals surface area (Å²) >= 11 is 0. The van der Waals surface area contributed by atoms with Gasteiger partial charge in [-0.05, 0) is 28.8 Å². The van der Waals surface area contributed by atoms with Crippen molar-refractivity contribution in [3.05, 3.63) is 59.2 Å². The average molecular weight is 399 g/mol. The number of hydrogen-bond acceptors (Lipinski definition) is 6. The van der Waals surface area contributed by atoms with Crippen LogP contribution >= 0.6 is 0 Å². The van der Waals surface area contributed by atoms with Crippen molar-refractivity contribution in [3.63, 3.8) is 0 Å². The van der Waals surface area contributed by atoms with Crippen molar-refractivity contribution in [2.75, 3.05) is 46.6 Å². The summed E-state index contributed by atoms with van der Waals surface area (Å²) in [6.07, 6.45) is -0.541. The molecule has 2 aromatic rings. The van der Waals surface area contributed by atoms with Crippen molar-refractivity contribution in [1.82, 2.24) is 9.80 Å². The molecule has 1 N–H and O–H groups in total. The van der Waals surface area contributed by atoms with E-state index in [-0.39, 0.29) is 6.61 Å². The molecule has 29 heavy (non-hydrogen) atoms. The zero-order chi connectivity index (χ0) is 20.1. The van der Waals surface area contributed by atoms with Gasteiger partial charge in [0.1, 0.15) is 12.7 Å². The van der Waals surface area contributed by atoms with Gasteiger partial charge in [0.15, 0.2) is 11.5 Å². The van der Waals surface area contributed by atoms with Crippen molar-refractivity contribution in [2.45, 2.75) is 25.7 Å². The summed E-state index contributed by atoms with van der Waals surface area (Å²) in [7, 11) is 1.65. The van der Waals surface area contributed by atoms with Crippen LogP contribution < -0.4 is 9.47 Å². The molecule has 2 aliphatic rings. The lowest BCUT2D eigenvalue weighted by atomic mass is 10.1. The third-order valence-electron chi connectivity index (χ3n) is 5.54. The van der Waals surface area contributed by atoms with Gasteiger partial charge in [0, 0.05) is 39.3 Å². The van der Waals surface area contributed by atoms with Gasteiger partial charge in [0.25, 0.3) is 0 Å². The van der Waals surface area contributed by atoms with Gasteiger partial charge in [0.05, 0.1) is 20.3 Å². The van der Waals surface area contributed by atoms with Crippen LogP contribution in [0.5, 0.6) is 11.5 Å². The van der Waals surface area contributed by atoms with E-state index in [2.05, 4.69) is 40.1 Å². The van der Waals surface area contributed by atoms with E-state index in [0.29, 0.717) is 18.0 Å². The number of methoxy groups -OCH3 is 1. The lowest BCUT2D eigenvalue weighted by Crippen LogP contribution is -2.42. The van der Waals surface area contributed by atoms with Gasteiger partial charge in [-0.2, -0.15) is 0 Å². The Morgan fingerprint density at radius 3 is 2.41 bits per heavy atom. The predicted octanol–water partition coefficient (Wildman–Crippen LogP) is 2.28. The monoisotopic (exact) mass is 398 g/mol. The van der Waals surface area contributed by atoms with E-state index in [0.717, 1.165) is 45.9 Å². The number of rotatable bonds is 8. The summed E-state index contributed by atoms with van der Waals surface area (Å²) in [6, 6.07) is 14.7. The maximum atomic E-state index is 10.3. The van der Waals surface area contributed by atoms with Gasteiger partial charge in [-0.15, -0.1) is 0 Å². The number of fused-ring (bicyclic) bond motifs is 1. The Morgan fingerprint density at radius 2 is 1.72 bits per heavy atom. The number of β-amino-alcohol motifs (C(OH)–C–C–N with tert-alkyl or cyclic N) is 1. The number of aliphatic hydroxyl groups is 1. The molecule has 0 aromatic heterocycles. The second-order valence-electron chi connectivity index (χ2n) is 7.78. The zero-order valence-corrected chi connectivity index (χ0v) is 17.0. The van der Waals surface area contributed by atoms with Gasteiger partial charge >= 0.3 is 0 Å². The smallest absolute Gasteiger partial charge is 0.161 e. The molecular formula is C23H30N2O4. The normalized spacial score (nSPS) is 18.4. The molecule has 1 fully saturated rings. The Kier molecular flexibility index (Phi) is 6.67. The summed E-state index contributed by atoms with van der Waals surface area (Å²) in [5.74, 6) is 1.37. The minimum atomic E-state index is -0.541. The van der Waals surface area contributed by atoms with Crippen LogP contribution in [-0.4, -0.2) is 67.6 Å². The summed E-state index contributed by atoms with van der Waals surface area (Å²) in [4.78, 5) is 4.62. The minimum absolute atomic E-state index is 0.245. The van der Waals surface area contributed by atoms with E-state index in [1.165, 1.54) is 16.7 Å². The highest BCUT2D eigenvalue weighted by Crippen LogP contribution is 2.30. The van der Waals surface area contributed by atoms with Gasteiger partial charge in [-0.25, -0.2) is 0 Å². The van der Waals surface area contributed by atoms with Gasteiger partial charge < -0.3 is 19.3 Å². The molecule has 1 atom stereocenters. The Labute approximate surface area is 172 Å². The van der Waals surface area contributed by atoms with Gasteiger partial charge in [0.2, 0.25) is 0 Å². The van der Waals surface area contributed by atoms with Crippen LogP contribution in [0.4, 0.5) is 0 Å². The molecule has 1 saturated heterocycles. The van der Waals surface area contributed by atoms with E-state index in [1.807, 2.05) is 12.1 Å². The van der Waals surface area contributed by atoms with E-state index >= 15 is 0 Å². The maximum Gasteiger partial charge on any atom is 0.161 e. The first kappa shape index (κ1) is 20.2. The molecule has 0 amide bonds. The molecule has 0 saturated carbocycles. The quantitative estimate of drug-likeness (QED) is 0.736. The fourth-order valence-corrected chi connectivity index (χ4v) is 4.02. The lowest BCUT2D eigenvalue weighted by Gasteiger charge is -2.28. The number of nitrogens with zero attached hydrogens (tertiary/aromatic N) is 2. The number of aliphatic hydroxyl groups excluding tert-OH is 1. The summed E-state index contributed by atoms with van der Waals surface area (Å²) in [5.41, 5.74) is 4.01. The molecule has 6 nitrogen and oxygen atoms in total. The fraction of sp³-hybridized carbons (Fsp3) is 0.478. The number of hydrogen-bond donors (Lipinski definition) is 1. The highest BCUT2D eigenvalue weighted by atomic mass is 16.5. The molecule has 2 aliphatic heterocycles. The third kappa shape index (κ3) is 5.28. The lowest BCUT2D eigenvalue weighted by molar-refractivity contribution is 0.00445. The van der Waals surface area contributed by atoms with Crippen LogP contribution in [0.2, 0.25) is 0 Å². The van der Waals surface area contributed by atoms with Crippen LogP contribution in [0.15, 0.2) is 42.5 Å². The van der Waals surface area contributed by atoms with Crippen molar-refractivity contribution in [2.24, 2.45) is 0 Å². The van der Waals surface area contributed by atoms with E-state index < -0.39 is 6.10 Å². The minimum Gasteiger partial charge on any atom is -0.493 e. The Hall–Kier alpha value is -2.12. The Balaban J connectivity index is 1.31. The second kappa shape index (κ2) is 9.59. The first-order chi connectivity index (χ1) is 14.2. The highest BCUT2D eigenvalue weighted by molar-refractivity contribution is 5.43. The Morgan fingerprint density at radius 1 is 1.00 bits per heavy atom. The Bertz CT molecular complexity index is 782. The van der Waals surface area contributed by atoms with E-state index in [4.69, 9.17) is 14.2 Å². The van der Waals surface area contributed by atoms with Gasteiger partial charge in [-0.3, -0.25) is 9.80 Å². The topological polar surface area (TPSA) is 54.4 Å². The number of benzene rings is 2. The molecule has 1 unspecified atom stereocenters. The maximum absolute atomic E-state index is 10.3. The molecule has 0 bridgehead atoms. The molecule has 2 heterocycles. The first-order valence-electron chi connectivity index (χ1n) is 10.3. The fourth-order valence-electron chi connectivity index (χ4n) is 4.02. The third-order valence-corrected chi connectivity index (χ3v) is 5.54. The first-order valence-corrected chi connectivity index (χ1v) is 10.3. The second-order valence-corrected chi connectivity index (χ2v) is 7.78. The van der Waals surface area contributed by atoms with Crippen molar-refractivity contribution in [1.29, 1.82) is 0 Å². The number of morpholine rings is 1. The molecule has 0 radical (unpaired) electrons. The highest BCUT2D eigenvalue weighted by Gasteiger charge is 2.19. The molecule has 4 rings (SSSR count). The summed E-state index contributed by atoms with van der Waals surface area (Å²) in [5, 5.41) is 10.3. The summed E-state index contributed by atoms with van der Waals surface area (Å²) < 4.78 is 16.7. The van der Waals surface area contributed by atoms with Gasteiger partial charge in [-0.1, -0.05) is 30.3 Å². The standard InChI is InChI=1S/C23H30N2O4/c1-27-23-12-18(13-25-14-19-4-2-3-5-20(19)15-25)6-7-22(23)29-17-21(26)16-24-8-10-28-11-9-24/h2-7,12,21,26H,8-11,13-17H2,1H3. The SMILES string of the molecule is COc1cc(CN2Cc3ccccc3C2)ccc1OCC(O)CN1CCOCC1. The largest absolute Gasteiger partial charge is 0.493 e. The number of ether oxygens (including phenoxy) is 3. The van der Waals surface area contributed by atoms with Crippen molar-refractivity contribution >= 4 is 0 Å². The van der Waals surface area contributed by atoms with Crippen LogP contribution in [0.3, 0.4) is 0 Å². The molecule has 2 aromatic carbocycles. The molecule has 6 heteroatoms. The molecule has 156 valence electrons. The average Bonchev–Trinajstić information content (AvgIpc) is 3.15. The van der Waals surface area contributed by atoms with Crippen LogP contribution in [0.25, 0.3) is 0 Å². The van der Waals surface area contributed by atoms with E-state index in [9.17, 15) is 5.11 Å². The van der Waals surface area contributed by atoms with Crippen molar-refractivity contribution in [3.8, 4) is 11.5 Å². The summed E-state index contributed by atoms with van der Waals surface area (Å²) in [6.45, 7) is 6.83. The molecule has 0 aliphatic carbocycles. The van der Waals surface area contributed by atoms with Crippen LogP contribution in [-0.2, 0) is 24.4 Å². The zero-order valence-electron chi connectivity index (χ0n) is 17.0. The van der Waals surface area contributed by atoms with Crippen LogP contribution in [0.1, 0.15) is 16.7 Å². The predicted molar refractivity (Wildman–Crippen MR) is 111 cm³/mol. The van der Waals surface area contributed by atoms with E-state index in [1.54, 1.807) is 7.11 Å². The van der Waals surface area contributed by atoms with Crippen molar-refractivity contribution < 1.29 is 19.3 Å². The molecule has 0 spiro atoms. The van der Waals surface area contributed by atoms with Crippen LogP contribution in [0, 0.1) is 0 Å².